The highest BCUT2D eigenvalue weighted by molar-refractivity contribution is 5.68. The summed E-state index contributed by atoms with van der Waals surface area (Å²) in [5.41, 5.74) is 3.70. The average Bonchev–Trinajstić information content (AvgIpc) is 2.89. The number of ether oxygens (including phenoxy) is 1. The first-order chi connectivity index (χ1) is 10.8. The highest BCUT2D eigenvalue weighted by Crippen LogP contribution is 2.32. The molecule has 1 aromatic heterocycles. The lowest BCUT2D eigenvalue weighted by Gasteiger charge is -2.29. The number of pyridine rings is 1. The summed E-state index contributed by atoms with van der Waals surface area (Å²) in [6.45, 7) is 2.14. The fraction of sp³-hybridized carbons (Fsp3) is 0.421. The van der Waals surface area contributed by atoms with Gasteiger partial charge in [0.25, 0.3) is 0 Å². The van der Waals surface area contributed by atoms with Crippen molar-refractivity contribution in [2.75, 3.05) is 0 Å². The molecular formula is C19H22N2O. The van der Waals surface area contributed by atoms with Crippen LogP contribution in [0.5, 0.6) is 5.75 Å². The first-order valence-corrected chi connectivity index (χ1v) is 8.22. The van der Waals surface area contributed by atoms with Crippen molar-refractivity contribution in [3.8, 4) is 16.9 Å². The van der Waals surface area contributed by atoms with Crippen molar-refractivity contribution < 1.29 is 4.74 Å². The maximum absolute atomic E-state index is 6.30. The Balaban J connectivity index is 1.55. The van der Waals surface area contributed by atoms with Crippen molar-refractivity contribution in [3.63, 3.8) is 0 Å². The second kappa shape index (κ2) is 5.73. The minimum Gasteiger partial charge on any atom is -0.490 e. The summed E-state index contributed by atoms with van der Waals surface area (Å²) in [7, 11) is 0. The first-order valence-electron chi connectivity index (χ1n) is 8.22. The summed E-state index contributed by atoms with van der Waals surface area (Å²) >= 11 is 0. The summed E-state index contributed by atoms with van der Waals surface area (Å²) in [6.07, 6.45) is 8.91. The Bertz CT molecular complexity index is 644. The molecule has 0 unspecified atom stereocenters. The minimum atomic E-state index is 0.353. The Morgan fingerprint density at radius 1 is 1.05 bits per heavy atom. The number of fused-ring (bicyclic) bond motifs is 2. The van der Waals surface area contributed by atoms with Gasteiger partial charge in [-0.3, -0.25) is 4.98 Å². The van der Waals surface area contributed by atoms with Crippen LogP contribution in [0.4, 0.5) is 0 Å². The Kier molecular flexibility index (Phi) is 3.59. The third-order valence-corrected chi connectivity index (χ3v) is 4.93. The Morgan fingerprint density at radius 3 is 2.50 bits per heavy atom. The van der Waals surface area contributed by atoms with E-state index in [1.165, 1.54) is 29.5 Å². The van der Waals surface area contributed by atoms with E-state index in [1.54, 1.807) is 0 Å². The van der Waals surface area contributed by atoms with Gasteiger partial charge in [0.05, 0.1) is 0 Å². The van der Waals surface area contributed by atoms with E-state index in [-0.39, 0.29) is 0 Å². The zero-order valence-corrected chi connectivity index (χ0v) is 13.0. The Labute approximate surface area is 131 Å². The molecule has 0 aliphatic carbocycles. The van der Waals surface area contributed by atoms with Gasteiger partial charge in [0.1, 0.15) is 11.9 Å². The molecule has 114 valence electrons. The van der Waals surface area contributed by atoms with Crippen molar-refractivity contribution in [2.45, 2.75) is 50.8 Å². The molecule has 0 amide bonds. The molecule has 1 N–H and O–H groups in total. The number of hydrogen-bond acceptors (Lipinski definition) is 3. The number of rotatable bonds is 3. The van der Waals surface area contributed by atoms with E-state index in [0.29, 0.717) is 18.2 Å². The third kappa shape index (κ3) is 2.73. The molecule has 3 nitrogen and oxygen atoms in total. The molecule has 0 radical (unpaired) electrons. The number of aryl methyl sites for hydroxylation is 1. The van der Waals surface area contributed by atoms with Crippen molar-refractivity contribution >= 4 is 0 Å². The van der Waals surface area contributed by atoms with Gasteiger partial charge in [-0.05, 0) is 73.6 Å². The molecule has 4 rings (SSSR count). The van der Waals surface area contributed by atoms with E-state index in [1.807, 2.05) is 12.4 Å². The topological polar surface area (TPSA) is 34.1 Å². The van der Waals surface area contributed by atoms with Gasteiger partial charge in [-0.15, -0.1) is 0 Å². The summed E-state index contributed by atoms with van der Waals surface area (Å²) in [6, 6.07) is 11.9. The van der Waals surface area contributed by atoms with Gasteiger partial charge in [-0.2, -0.15) is 0 Å². The zero-order valence-electron chi connectivity index (χ0n) is 13.0. The second-order valence-corrected chi connectivity index (χ2v) is 6.56. The van der Waals surface area contributed by atoms with E-state index < -0.39 is 0 Å². The van der Waals surface area contributed by atoms with E-state index in [9.17, 15) is 0 Å². The van der Waals surface area contributed by atoms with Crippen molar-refractivity contribution in [3.05, 3.63) is 48.3 Å². The second-order valence-electron chi connectivity index (χ2n) is 6.56. The number of aromatic nitrogens is 1. The van der Waals surface area contributed by atoms with Gasteiger partial charge < -0.3 is 10.1 Å². The predicted molar refractivity (Wildman–Crippen MR) is 88.0 cm³/mol. The third-order valence-electron chi connectivity index (χ3n) is 4.93. The summed E-state index contributed by atoms with van der Waals surface area (Å²) < 4.78 is 6.30. The summed E-state index contributed by atoms with van der Waals surface area (Å²) in [4.78, 5) is 4.10. The van der Waals surface area contributed by atoms with Crippen LogP contribution in [0.15, 0.2) is 42.7 Å². The molecule has 2 fully saturated rings. The van der Waals surface area contributed by atoms with Crippen LogP contribution in [0, 0.1) is 6.92 Å². The van der Waals surface area contributed by atoms with Crippen molar-refractivity contribution in [1.29, 1.82) is 0 Å². The molecule has 3 heteroatoms. The van der Waals surface area contributed by atoms with Gasteiger partial charge in [-0.1, -0.05) is 6.07 Å². The molecule has 22 heavy (non-hydrogen) atoms. The van der Waals surface area contributed by atoms with Crippen molar-refractivity contribution in [1.82, 2.24) is 10.3 Å². The molecule has 3 heterocycles. The first kappa shape index (κ1) is 13.8. The van der Waals surface area contributed by atoms with Gasteiger partial charge in [0.15, 0.2) is 0 Å². The highest BCUT2D eigenvalue weighted by Gasteiger charge is 2.34. The monoisotopic (exact) mass is 294 g/mol. The number of nitrogens with zero attached hydrogens (tertiary/aromatic N) is 1. The lowest BCUT2D eigenvalue weighted by atomic mass is 10.0. The van der Waals surface area contributed by atoms with Crippen LogP contribution in [0.3, 0.4) is 0 Å². The number of piperidine rings is 1. The fourth-order valence-corrected chi connectivity index (χ4v) is 3.81. The molecule has 3 atom stereocenters. The maximum Gasteiger partial charge on any atom is 0.120 e. The van der Waals surface area contributed by atoms with Gasteiger partial charge in [0.2, 0.25) is 0 Å². The number of benzene rings is 1. The highest BCUT2D eigenvalue weighted by atomic mass is 16.5. The minimum absolute atomic E-state index is 0.353. The van der Waals surface area contributed by atoms with Gasteiger partial charge in [-0.25, -0.2) is 0 Å². The summed E-state index contributed by atoms with van der Waals surface area (Å²) in [5, 5.41) is 3.67. The van der Waals surface area contributed by atoms with Crippen LogP contribution in [0.25, 0.3) is 11.1 Å². The quantitative estimate of drug-likeness (QED) is 0.937. The van der Waals surface area contributed by atoms with Crippen LogP contribution < -0.4 is 10.1 Å². The SMILES string of the molecule is Cc1ccc(O[C@@H]2C[C@H]3CC[C@@H](C2)N3)cc1-c1ccncc1. The van der Waals surface area contributed by atoms with Crippen molar-refractivity contribution in [2.24, 2.45) is 0 Å². The van der Waals surface area contributed by atoms with Crippen LogP contribution in [-0.4, -0.2) is 23.2 Å². The summed E-state index contributed by atoms with van der Waals surface area (Å²) in [5.74, 6) is 0.990. The molecule has 0 saturated carbocycles. The predicted octanol–water partition coefficient (Wildman–Crippen LogP) is 3.72. The van der Waals surface area contributed by atoms with Crippen LogP contribution >= 0.6 is 0 Å². The lowest BCUT2D eigenvalue weighted by molar-refractivity contribution is 0.137. The molecule has 2 aromatic rings. The van der Waals surface area contributed by atoms with Gasteiger partial charge >= 0.3 is 0 Å². The Morgan fingerprint density at radius 2 is 1.77 bits per heavy atom. The Hall–Kier alpha value is -1.87. The largest absolute Gasteiger partial charge is 0.490 e. The van der Waals surface area contributed by atoms with Crippen LogP contribution in [0.2, 0.25) is 0 Å². The maximum atomic E-state index is 6.30. The molecule has 1 aromatic carbocycles. The molecule has 2 aliphatic heterocycles. The van der Waals surface area contributed by atoms with Crippen LogP contribution in [-0.2, 0) is 0 Å². The van der Waals surface area contributed by atoms with Gasteiger partial charge in [0, 0.05) is 24.5 Å². The lowest BCUT2D eigenvalue weighted by Crippen LogP contribution is -2.42. The fourth-order valence-electron chi connectivity index (χ4n) is 3.81. The van der Waals surface area contributed by atoms with E-state index in [2.05, 4.69) is 47.6 Å². The van der Waals surface area contributed by atoms with E-state index in [4.69, 9.17) is 4.74 Å². The zero-order chi connectivity index (χ0) is 14.9. The molecule has 2 saturated heterocycles. The number of nitrogens with one attached hydrogen (secondary N) is 1. The molecule has 2 bridgehead atoms. The average molecular weight is 294 g/mol. The van der Waals surface area contributed by atoms with E-state index in [0.717, 1.165) is 18.6 Å². The van der Waals surface area contributed by atoms with Crippen LogP contribution in [0.1, 0.15) is 31.2 Å². The molecule has 2 aliphatic rings. The standard InChI is InChI=1S/C19H22N2O/c1-13-2-5-17(12-19(13)14-6-8-20-9-7-14)22-18-10-15-3-4-16(11-18)21-15/h2,5-9,12,15-16,18,21H,3-4,10-11H2,1H3/t15-,16+,18-. The molecular weight excluding hydrogens is 272 g/mol. The van der Waals surface area contributed by atoms with E-state index >= 15 is 0 Å². The smallest absolute Gasteiger partial charge is 0.120 e. The normalized spacial score (nSPS) is 26.9. The number of hydrogen-bond donors (Lipinski definition) is 1. The molecule has 0 spiro atoms.